The molecule has 0 unspecified atom stereocenters. The molecule has 0 aliphatic heterocycles. The first kappa shape index (κ1) is 5.96. The van der Waals surface area contributed by atoms with Gasteiger partial charge in [0.2, 0.25) is 0 Å². The molecule has 0 heterocycles. The van der Waals surface area contributed by atoms with Crippen LogP contribution in [0.5, 0.6) is 0 Å². The summed E-state index contributed by atoms with van der Waals surface area (Å²) in [5.41, 5.74) is -0.458. The van der Waals surface area contributed by atoms with Gasteiger partial charge in [-0.25, -0.2) is 0 Å². The van der Waals surface area contributed by atoms with Crippen molar-refractivity contribution in [2.45, 2.75) is 19.4 Å². The van der Waals surface area contributed by atoms with Crippen molar-refractivity contribution >= 4 is 0 Å². The van der Waals surface area contributed by atoms with Gasteiger partial charge in [0.15, 0.2) is 0 Å². The van der Waals surface area contributed by atoms with E-state index in [1.807, 2.05) is 0 Å². The van der Waals surface area contributed by atoms with E-state index in [4.69, 9.17) is 11.7 Å². The lowest BCUT2D eigenvalue weighted by Crippen LogP contribution is -2.15. The molecule has 0 aromatic carbocycles. The molecule has 0 saturated heterocycles. The van der Waals surface area contributed by atoms with E-state index >= 15 is 0 Å². The van der Waals surface area contributed by atoms with Gasteiger partial charge in [-0.2, -0.15) is 0 Å². The van der Waals surface area contributed by atoms with Crippen LogP contribution in [0.2, 0.25) is 0 Å². The van der Waals surface area contributed by atoms with Gasteiger partial charge in [0, 0.05) is 7.11 Å². The van der Waals surface area contributed by atoms with Crippen molar-refractivity contribution in [3.8, 4) is 0 Å². The Hall–Kier alpha value is -0.0400. The van der Waals surface area contributed by atoms with E-state index in [1.165, 1.54) is 0 Å². The van der Waals surface area contributed by atoms with Crippen molar-refractivity contribution in [3.05, 3.63) is 6.92 Å². The minimum absolute atomic E-state index is 0.458. The lowest BCUT2D eigenvalue weighted by Gasteiger charge is -2.13. The number of ether oxygens (including phenoxy) is 1. The van der Waals surface area contributed by atoms with Gasteiger partial charge in [0.05, 0.1) is 5.60 Å². The quantitative estimate of drug-likeness (QED) is 0.464. The fourth-order valence-corrected chi connectivity index (χ4v) is 0. The van der Waals surface area contributed by atoms with E-state index in [0.717, 1.165) is 0 Å². The highest BCUT2D eigenvalue weighted by molar-refractivity contribution is 4.68. The van der Waals surface area contributed by atoms with Crippen molar-refractivity contribution in [2.24, 2.45) is 0 Å². The van der Waals surface area contributed by atoms with Gasteiger partial charge < -0.3 is 4.74 Å². The minimum Gasteiger partial charge on any atom is -0.379 e. The molecule has 0 aliphatic carbocycles. The van der Waals surface area contributed by atoms with Crippen LogP contribution in [0.4, 0.5) is 0 Å². The van der Waals surface area contributed by atoms with Crippen LogP contribution in [-0.4, -0.2) is 12.7 Å². The van der Waals surface area contributed by atoms with Gasteiger partial charge in [-0.15, -0.1) is 0 Å². The zero-order valence-electron chi connectivity index (χ0n) is 4.49. The molecule has 2 radical (unpaired) electrons. The van der Waals surface area contributed by atoms with Gasteiger partial charge in [-0.1, -0.05) is 0 Å². The molecule has 0 aromatic rings. The second-order valence-electron chi connectivity index (χ2n) is 1.81. The molecule has 0 bridgehead atoms. The van der Waals surface area contributed by atoms with E-state index in [1.54, 1.807) is 21.0 Å². The Balaban J connectivity index is 3.17. The van der Waals surface area contributed by atoms with Crippen LogP contribution in [0.1, 0.15) is 13.8 Å². The summed E-state index contributed by atoms with van der Waals surface area (Å²) >= 11 is 0. The predicted octanol–water partition coefficient (Wildman–Crippen LogP) is 1.12. The van der Waals surface area contributed by atoms with Crippen molar-refractivity contribution < 1.29 is 4.74 Å². The number of methoxy groups -OCH3 is 1. The summed E-state index contributed by atoms with van der Waals surface area (Å²) < 4.78 is 4.72. The largest absolute Gasteiger partial charge is 0.379 e. The van der Waals surface area contributed by atoms with Crippen LogP contribution < -0.4 is 0 Å². The Morgan fingerprint density at radius 1 is 1.50 bits per heavy atom. The molecule has 0 aromatic heterocycles. The molecular weight excluding hydrogens is 76.1 g/mol. The van der Waals surface area contributed by atoms with E-state index in [-0.39, 0.29) is 0 Å². The van der Waals surface area contributed by atoms with Crippen LogP contribution in [0.3, 0.4) is 0 Å². The first-order chi connectivity index (χ1) is 2.56. The molecule has 0 fully saturated rings. The average molecular weight is 86.1 g/mol. The Bertz CT molecular complexity index is 33.7. The third kappa shape index (κ3) is 3.96. The van der Waals surface area contributed by atoms with Crippen molar-refractivity contribution in [3.63, 3.8) is 0 Å². The van der Waals surface area contributed by atoms with Gasteiger partial charge >= 0.3 is 0 Å². The van der Waals surface area contributed by atoms with Gasteiger partial charge in [0.1, 0.15) is 0 Å². The maximum atomic E-state index is 5.31. The molecule has 6 heavy (non-hydrogen) atoms. The lowest BCUT2D eigenvalue weighted by atomic mass is 10.2. The zero-order valence-corrected chi connectivity index (χ0v) is 4.49. The summed E-state index contributed by atoms with van der Waals surface area (Å²) in [7, 11) is 1.58. The summed E-state index contributed by atoms with van der Waals surface area (Å²) in [5.74, 6) is 0. The standard InChI is InChI=1S/C5H10O/c1-5(2,3)6-4/h1H,2-4H3. The number of hydrogen-bond acceptors (Lipinski definition) is 1. The maximum Gasteiger partial charge on any atom is 0.0658 e. The molecule has 0 N–H and O–H groups in total. The molecule has 0 aliphatic rings. The number of rotatable bonds is 1. The topological polar surface area (TPSA) is 9.23 Å². The number of hydrogen-bond donors (Lipinski definition) is 0. The first-order valence-corrected chi connectivity index (χ1v) is 1.90. The van der Waals surface area contributed by atoms with Crippen molar-refractivity contribution in [1.29, 1.82) is 0 Å². The normalized spacial score (nSPS) is 12.0. The zero-order chi connectivity index (χ0) is 5.21. The third-order valence-corrected chi connectivity index (χ3v) is 0.526. The van der Waals surface area contributed by atoms with E-state index in [9.17, 15) is 0 Å². The average Bonchev–Trinajstić information content (AvgIpc) is 1.35. The monoisotopic (exact) mass is 86.1 g/mol. The van der Waals surface area contributed by atoms with Crippen LogP contribution in [-0.2, 0) is 4.74 Å². The van der Waals surface area contributed by atoms with Gasteiger partial charge in [-0.05, 0) is 20.8 Å². The van der Waals surface area contributed by atoms with E-state index in [0.29, 0.717) is 0 Å². The Morgan fingerprint density at radius 2 is 1.67 bits per heavy atom. The predicted molar refractivity (Wildman–Crippen MR) is 25.4 cm³/mol. The first-order valence-electron chi connectivity index (χ1n) is 1.90. The molecule has 36 valence electrons. The Kier molecular flexibility index (Phi) is 1.59. The lowest BCUT2D eigenvalue weighted by molar-refractivity contribution is 0.0630. The summed E-state index contributed by atoms with van der Waals surface area (Å²) in [4.78, 5) is 0. The van der Waals surface area contributed by atoms with Crippen LogP contribution in [0.15, 0.2) is 0 Å². The SMILES string of the molecule is [CH]C(C)(C)OC. The highest BCUT2D eigenvalue weighted by atomic mass is 16.5. The molecule has 0 atom stereocenters. The van der Waals surface area contributed by atoms with Crippen molar-refractivity contribution in [2.75, 3.05) is 7.11 Å². The molecular formula is C5H10O. The van der Waals surface area contributed by atoms with Crippen LogP contribution >= 0.6 is 0 Å². The summed E-state index contributed by atoms with van der Waals surface area (Å²) in [5, 5.41) is 0. The summed E-state index contributed by atoms with van der Waals surface area (Å²) in [6, 6.07) is 0. The highest BCUT2D eigenvalue weighted by Crippen LogP contribution is 2.01. The fraction of sp³-hybridized carbons (Fsp3) is 0.800. The summed E-state index contributed by atoms with van der Waals surface area (Å²) in [6.07, 6.45) is 0. The Labute approximate surface area is 39.3 Å². The van der Waals surface area contributed by atoms with Gasteiger partial charge in [-0.3, -0.25) is 0 Å². The summed E-state index contributed by atoms with van der Waals surface area (Å²) in [6.45, 7) is 8.91. The molecule has 1 nitrogen and oxygen atoms in total. The van der Waals surface area contributed by atoms with E-state index in [2.05, 4.69) is 0 Å². The second-order valence-corrected chi connectivity index (χ2v) is 1.81. The smallest absolute Gasteiger partial charge is 0.0658 e. The fourth-order valence-electron chi connectivity index (χ4n) is 0. The van der Waals surface area contributed by atoms with Crippen LogP contribution in [0, 0.1) is 6.92 Å². The maximum absolute atomic E-state index is 5.31. The van der Waals surface area contributed by atoms with Crippen molar-refractivity contribution in [1.82, 2.24) is 0 Å². The minimum atomic E-state index is -0.458. The third-order valence-electron chi connectivity index (χ3n) is 0.526. The highest BCUT2D eigenvalue weighted by Gasteiger charge is 2.04. The van der Waals surface area contributed by atoms with Gasteiger partial charge in [0.25, 0.3) is 0 Å². The van der Waals surface area contributed by atoms with Crippen LogP contribution in [0.25, 0.3) is 0 Å². The molecule has 0 rings (SSSR count). The van der Waals surface area contributed by atoms with E-state index < -0.39 is 5.60 Å². The molecule has 1 heteroatoms. The second kappa shape index (κ2) is 1.61. The molecule has 0 spiro atoms. The Morgan fingerprint density at radius 3 is 1.67 bits per heavy atom. The molecule has 0 amide bonds. The molecule has 0 saturated carbocycles.